The van der Waals surface area contributed by atoms with E-state index in [4.69, 9.17) is 31.9 Å². The van der Waals surface area contributed by atoms with E-state index in [1.807, 2.05) is 0 Å². The molecule has 0 atom stereocenters. The molecular formula is C12H14N2O4. The summed E-state index contributed by atoms with van der Waals surface area (Å²) in [5.41, 5.74) is 10.7. The van der Waals surface area contributed by atoms with Crippen LogP contribution in [0.4, 0.5) is 11.4 Å². The van der Waals surface area contributed by atoms with Crippen LogP contribution in [0.1, 0.15) is 0 Å². The van der Waals surface area contributed by atoms with Gasteiger partial charge in [0.2, 0.25) is 0 Å². The van der Waals surface area contributed by atoms with Crippen molar-refractivity contribution >= 4 is 11.4 Å². The highest BCUT2D eigenvalue weighted by Gasteiger charge is 1.98. The third-order valence-electron chi connectivity index (χ3n) is 2.07. The largest absolute Gasteiger partial charge is 0.508 e. The second-order valence-electron chi connectivity index (χ2n) is 3.45. The van der Waals surface area contributed by atoms with E-state index in [1.54, 1.807) is 0 Å². The van der Waals surface area contributed by atoms with Crippen LogP contribution in [0.15, 0.2) is 36.4 Å². The lowest BCUT2D eigenvalue weighted by molar-refractivity contribution is 0.452. The lowest BCUT2D eigenvalue weighted by atomic mass is 10.3. The molecule has 6 heteroatoms. The Balaban J connectivity index is 0.000000180. The Morgan fingerprint density at radius 3 is 1.67 bits per heavy atom. The molecule has 2 aromatic rings. The zero-order chi connectivity index (χ0) is 13.7. The highest BCUT2D eigenvalue weighted by molar-refractivity contribution is 5.60. The van der Waals surface area contributed by atoms with Crippen LogP contribution in [0.2, 0.25) is 0 Å². The third-order valence-corrected chi connectivity index (χ3v) is 2.07. The summed E-state index contributed by atoms with van der Waals surface area (Å²) in [6, 6.07) is 8.38. The van der Waals surface area contributed by atoms with E-state index in [9.17, 15) is 0 Å². The number of para-hydroxylation sites is 1. The summed E-state index contributed by atoms with van der Waals surface area (Å²) in [7, 11) is 0. The molecule has 96 valence electrons. The molecule has 0 aromatic heterocycles. The SMILES string of the molecule is Nc1c(O)cccc1O.Nc1ccc(O)cc1O. The third kappa shape index (κ3) is 3.38. The second-order valence-corrected chi connectivity index (χ2v) is 3.45. The first-order valence-electron chi connectivity index (χ1n) is 4.95. The van der Waals surface area contributed by atoms with E-state index in [-0.39, 0.29) is 34.4 Å². The number of aromatic hydroxyl groups is 4. The first-order chi connectivity index (χ1) is 8.41. The van der Waals surface area contributed by atoms with E-state index < -0.39 is 0 Å². The Bertz CT molecular complexity index is 523. The molecule has 0 aliphatic rings. The van der Waals surface area contributed by atoms with Crippen molar-refractivity contribution in [2.45, 2.75) is 0 Å². The number of benzene rings is 2. The fraction of sp³-hybridized carbons (Fsp3) is 0. The van der Waals surface area contributed by atoms with Crippen LogP contribution >= 0.6 is 0 Å². The summed E-state index contributed by atoms with van der Waals surface area (Å²) >= 11 is 0. The van der Waals surface area contributed by atoms with Gasteiger partial charge in [-0.1, -0.05) is 6.07 Å². The summed E-state index contributed by atoms with van der Waals surface area (Å²) in [4.78, 5) is 0. The van der Waals surface area contributed by atoms with Gasteiger partial charge < -0.3 is 31.9 Å². The van der Waals surface area contributed by atoms with Crippen molar-refractivity contribution in [2.24, 2.45) is 0 Å². The number of nitrogens with two attached hydrogens (primary N) is 2. The van der Waals surface area contributed by atoms with Crippen molar-refractivity contribution in [3.63, 3.8) is 0 Å². The highest BCUT2D eigenvalue weighted by Crippen LogP contribution is 2.28. The predicted octanol–water partition coefficient (Wildman–Crippen LogP) is 1.36. The van der Waals surface area contributed by atoms with Gasteiger partial charge in [-0.3, -0.25) is 0 Å². The van der Waals surface area contributed by atoms with Crippen molar-refractivity contribution in [1.82, 2.24) is 0 Å². The molecular weight excluding hydrogens is 236 g/mol. The molecule has 18 heavy (non-hydrogen) atoms. The van der Waals surface area contributed by atoms with Crippen LogP contribution in [-0.4, -0.2) is 20.4 Å². The zero-order valence-corrected chi connectivity index (χ0v) is 9.41. The highest BCUT2D eigenvalue weighted by atomic mass is 16.3. The van der Waals surface area contributed by atoms with Crippen molar-refractivity contribution < 1.29 is 20.4 Å². The zero-order valence-electron chi connectivity index (χ0n) is 9.41. The molecule has 0 aliphatic carbocycles. The molecule has 6 nitrogen and oxygen atoms in total. The van der Waals surface area contributed by atoms with Crippen LogP contribution in [0.25, 0.3) is 0 Å². The lowest BCUT2D eigenvalue weighted by Crippen LogP contribution is -1.84. The normalized spacial score (nSPS) is 9.33. The molecule has 0 saturated heterocycles. The molecule has 0 bridgehead atoms. The number of rotatable bonds is 0. The van der Waals surface area contributed by atoms with Crippen LogP contribution in [0.3, 0.4) is 0 Å². The van der Waals surface area contributed by atoms with Crippen LogP contribution in [-0.2, 0) is 0 Å². The number of nitrogen functional groups attached to an aromatic ring is 2. The van der Waals surface area contributed by atoms with Gasteiger partial charge in [-0.15, -0.1) is 0 Å². The predicted molar refractivity (Wildman–Crippen MR) is 68.4 cm³/mol. The molecule has 2 aromatic carbocycles. The van der Waals surface area contributed by atoms with E-state index in [0.717, 1.165) is 0 Å². The average Bonchev–Trinajstić information content (AvgIpc) is 2.32. The minimum Gasteiger partial charge on any atom is -0.508 e. The fourth-order valence-electron chi connectivity index (χ4n) is 1.07. The Hall–Kier alpha value is -2.76. The Morgan fingerprint density at radius 2 is 1.28 bits per heavy atom. The lowest BCUT2D eigenvalue weighted by Gasteiger charge is -1.98. The smallest absolute Gasteiger partial charge is 0.142 e. The number of phenols is 4. The van der Waals surface area contributed by atoms with Gasteiger partial charge in [-0.05, 0) is 24.3 Å². The Kier molecular flexibility index (Phi) is 4.09. The second kappa shape index (κ2) is 5.53. The van der Waals surface area contributed by atoms with Gasteiger partial charge in [-0.2, -0.15) is 0 Å². The van der Waals surface area contributed by atoms with E-state index >= 15 is 0 Å². The molecule has 0 radical (unpaired) electrons. The van der Waals surface area contributed by atoms with Gasteiger partial charge >= 0.3 is 0 Å². The molecule has 0 heterocycles. The Morgan fingerprint density at radius 1 is 0.722 bits per heavy atom. The molecule has 0 aliphatic heterocycles. The quantitative estimate of drug-likeness (QED) is 0.237. The van der Waals surface area contributed by atoms with E-state index in [2.05, 4.69) is 0 Å². The number of hydrogen-bond acceptors (Lipinski definition) is 6. The van der Waals surface area contributed by atoms with Gasteiger partial charge in [0.1, 0.15) is 28.7 Å². The maximum atomic E-state index is 8.82. The van der Waals surface area contributed by atoms with Crippen molar-refractivity contribution in [2.75, 3.05) is 11.5 Å². The number of anilines is 2. The first-order valence-corrected chi connectivity index (χ1v) is 4.95. The summed E-state index contributed by atoms with van der Waals surface area (Å²) in [6.07, 6.45) is 0. The van der Waals surface area contributed by atoms with Gasteiger partial charge in [0.05, 0.1) is 5.69 Å². The topological polar surface area (TPSA) is 133 Å². The molecule has 0 amide bonds. The fourth-order valence-corrected chi connectivity index (χ4v) is 1.07. The summed E-state index contributed by atoms with van der Waals surface area (Å²) < 4.78 is 0. The van der Waals surface area contributed by atoms with Crippen molar-refractivity contribution in [1.29, 1.82) is 0 Å². The summed E-state index contributed by atoms with van der Waals surface area (Å²) in [5, 5.41) is 35.2. The maximum Gasteiger partial charge on any atom is 0.142 e. The number of hydrogen-bond donors (Lipinski definition) is 6. The maximum absolute atomic E-state index is 8.82. The molecule has 0 saturated carbocycles. The monoisotopic (exact) mass is 250 g/mol. The van der Waals surface area contributed by atoms with Gasteiger partial charge in [0.25, 0.3) is 0 Å². The van der Waals surface area contributed by atoms with Crippen LogP contribution < -0.4 is 11.5 Å². The average molecular weight is 250 g/mol. The van der Waals surface area contributed by atoms with E-state index in [1.165, 1.54) is 36.4 Å². The minimum atomic E-state index is -0.0880. The van der Waals surface area contributed by atoms with Gasteiger partial charge in [0.15, 0.2) is 0 Å². The summed E-state index contributed by atoms with van der Waals surface area (Å²) in [5.74, 6) is -0.248. The minimum absolute atomic E-state index is 0.0155. The van der Waals surface area contributed by atoms with Crippen molar-refractivity contribution in [3.8, 4) is 23.0 Å². The molecule has 0 unspecified atom stereocenters. The van der Waals surface area contributed by atoms with Gasteiger partial charge in [-0.25, -0.2) is 0 Å². The van der Waals surface area contributed by atoms with Crippen LogP contribution in [0, 0.1) is 0 Å². The van der Waals surface area contributed by atoms with Crippen LogP contribution in [0.5, 0.6) is 23.0 Å². The Labute approximate surface area is 103 Å². The van der Waals surface area contributed by atoms with Crippen molar-refractivity contribution in [3.05, 3.63) is 36.4 Å². The summed E-state index contributed by atoms with van der Waals surface area (Å²) in [6.45, 7) is 0. The first kappa shape index (κ1) is 13.3. The molecule has 2 rings (SSSR count). The molecule has 0 spiro atoms. The molecule has 8 N–H and O–H groups in total. The van der Waals surface area contributed by atoms with Gasteiger partial charge in [0, 0.05) is 6.07 Å². The number of phenolic OH excluding ortho intramolecular Hbond substituents is 4. The molecule has 0 fully saturated rings. The standard InChI is InChI=1S/2C6H7NO2/c7-5-2-1-4(8)3-6(5)9;7-6-4(8)2-1-3-5(6)9/h2*1-3,8-9H,7H2. The van der Waals surface area contributed by atoms with E-state index in [0.29, 0.717) is 0 Å².